The van der Waals surface area contributed by atoms with Crippen molar-refractivity contribution in [1.29, 1.82) is 0 Å². The molecule has 1 fully saturated rings. The highest BCUT2D eigenvalue weighted by Gasteiger charge is 2.27. The van der Waals surface area contributed by atoms with Crippen molar-refractivity contribution in [3.63, 3.8) is 0 Å². The lowest BCUT2D eigenvalue weighted by molar-refractivity contribution is -0.133. The van der Waals surface area contributed by atoms with Crippen molar-refractivity contribution in [2.75, 3.05) is 40.4 Å². The second-order valence-corrected chi connectivity index (χ2v) is 8.64. The summed E-state index contributed by atoms with van der Waals surface area (Å²) in [6.45, 7) is 7.02. The Balaban J connectivity index is 1.29. The monoisotopic (exact) mass is 464 g/mol. The first-order valence-electron chi connectivity index (χ1n) is 11.6. The van der Waals surface area contributed by atoms with E-state index in [1.54, 1.807) is 14.2 Å². The first-order chi connectivity index (χ1) is 16.5. The van der Waals surface area contributed by atoms with E-state index in [0.29, 0.717) is 37.6 Å². The number of piperazine rings is 1. The van der Waals surface area contributed by atoms with Gasteiger partial charge in [0.1, 0.15) is 11.5 Å². The largest absolute Gasteiger partial charge is 0.497 e. The highest BCUT2D eigenvalue weighted by Crippen LogP contribution is 2.25. The average Bonchev–Trinajstić information content (AvgIpc) is 3.37. The van der Waals surface area contributed by atoms with Crippen LogP contribution >= 0.6 is 0 Å². The molecule has 2 aromatic carbocycles. The molecule has 1 aliphatic rings. The average molecular weight is 465 g/mol. The van der Waals surface area contributed by atoms with Crippen molar-refractivity contribution in [1.82, 2.24) is 19.9 Å². The molecular formula is C26H32N4O4. The second kappa shape index (κ2) is 10.7. The van der Waals surface area contributed by atoms with E-state index >= 15 is 0 Å². The molecule has 0 aliphatic carbocycles. The van der Waals surface area contributed by atoms with Crippen LogP contribution in [0, 0.1) is 6.92 Å². The molecular weight excluding hydrogens is 432 g/mol. The van der Waals surface area contributed by atoms with Gasteiger partial charge >= 0.3 is 0 Å². The van der Waals surface area contributed by atoms with E-state index in [2.05, 4.69) is 22.0 Å². The van der Waals surface area contributed by atoms with Crippen LogP contribution in [-0.2, 0) is 11.2 Å². The van der Waals surface area contributed by atoms with Crippen molar-refractivity contribution in [3.05, 3.63) is 59.5 Å². The maximum absolute atomic E-state index is 12.8. The molecule has 4 rings (SSSR count). The van der Waals surface area contributed by atoms with E-state index in [1.165, 1.54) is 5.56 Å². The quantitative estimate of drug-likeness (QED) is 0.500. The molecule has 0 N–H and O–H groups in total. The molecule has 1 atom stereocenters. The van der Waals surface area contributed by atoms with Crippen molar-refractivity contribution in [2.45, 2.75) is 32.7 Å². The van der Waals surface area contributed by atoms with Crippen LogP contribution in [-0.4, -0.2) is 66.2 Å². The minimum atomic E-state index is -0.00630. The van der Waals surface area contributed by atoms with Crippen LogP contribution in [0.3, 0.4) is 0 Å². The lowest BCUT2D eigenvalue weighted by atomic mass is 10.1. The Morgan fingerprint density at radius 1 is 1.03 bits per heavy atom. The maximum Gasteiger partial charge on any atom is 0.244 e. The normalized spacial score (nSPS) is 15.2. The van der Waals surface area contributed by atoms with Gasteiger partial charge in [0.05, 0.1) is 20.3 Å². The summed E-state index contributed by atoms with van der Waals surface area (Å²) >= 11 is 0. The van der Waals surface area contributed by atoms with Crippen molar-refractivity contribution in [3.8, 4) is 22.9 Å². The molecule has 1 saturated heterocycles. The summed E-state index contributed by atoms with van der Waals surface area (Å²) in [6, 6.07) is 13.8. The van der Waals surface area contributed by atoms with Gasteiger partial charge in [-0.05, 0) is 38.0 Å². The number of aryl methyl sites for hydroxylation is 2. The molecule has 0 radical (unpaired) electrons. The molecule has 0 bridgehead atoms. The van der Waals surface area contributed by atoms with Gasteiger partial charge in [-0.2, -0.15) is 4.98 Å². The number of amides is 1. The number of benzene rings is 2. The number of nitrogens with zero attached hydrogens (tertiary/aromatic N) is 4. The number of aromatic nitrogens is 2. The SMILES string of the molecule is COc1cc(CCC(=O)N2CCN(C(C)c3nc(-c4ccc(C)cc4)no3)CC2)cc(OC)c1. The fourth-order valence-corrected chi connectivity index (χ4v) is 4.16. The molecule has 1 amide bonds. The topological polar surface area (TPSA) is 80.9 Å². The lowest BCUT2D eigenvalue weighted by Gasteiger charge is -2.36. The van der Waals surface area contributed by atoms with Gasteiger partial charge in [0.25, 0.3) is 0 Å². The molecule has 8 heteroatoms. The fourth-order valence-electron chi connectivity index (χ4n) is 4.16. The predicted octanol–water partition coefficient (Wildman–Crippen LogP) is 3.90. The Bertz CT molecular complexity index is 1080. The number of methoxy groups -OCH3 is 2. The van der Waals surface area contributed by atoms with Crippen LogP contribution in [0.15, 0.2) is 47.0 Å². The van der Waals surface area contributed by atoms with Crippen molar-refractivity contribution >= 4 is 5.91 Å². The molecule has 1 aromatic heterocycles. The fraction of sp³-hybridized carbons (Fsp3) is 0.423. The Morgan fingerprint density at radius 3 is 2.29 bits per heavy atom. The van der Waals surface area contributed by atoms with Gasteiger partial charge in [0.15, 0.2) is 0 Å². The molecule has 3 aromatic rings. The van der Waals surface area contributed by atoms with Gasteiger partial charge in [0, 0.05) is 44.2 Å². The molecule has 0 spiro atoms. The van der Waals surface area contributed by atoms with Crippen LogP contribution in [0.5, 0.6) is 11.5 Å². The van der Waals surface area contributed by atoms with Gasteiger partial charge < -0.3 is 18.9 Å². The predicted molar refractivity (Wildman–Crippen MR) is 129 cm³/mol. The van der Waals surface area contributed by atoms with Crippen LogP contribution in [0.1, 0.15) is 36.4 Å². The van der Waals surface area contributed by atoms with Crippen LogP contribution < -0.4 is 9.47 Å². The first-order valence-corrected chi connectivity index (χ1v) is 11.6. The third-order valence-electron chi connectivity index (χ3n) is 6.36. The smallest absolute Gasteiger partial charge is 0.244 e. The van der Waals surface area contributed by atoms with E-state index in [9.17, 15) is 4.79 Å². The number of rotatable bonds is 8. The molecule has 8 nitrogen and oxygen atoms in total. The van der Waals surface area contributed by atoms with Gasteiger partial charge in [-0.1, -0.05) is 35.0 Å². The summed E-state index contributed by atoms with van der Waals surface area (Å²) < 4.78 is 16.2. The van der Waals surface area contributed by atoms with E-state index in [-0.39, 0.29) is 11.9 Å². The molecule has 0 saturated carbocycles. The zero-order chi connectivity index (χ0) is 24.1. The summed E-state index contributed by atoms with van der Waals surface area (Å²) in [5, 5.41) is 4.16. The number of carbonyl (C=O) groups is 1. The summed E-state index contributed by atoms with van der Waals surface area (Å²) in [5.74, 6) is 2.83. The van der Waals surface area contributed by atoms with E-state index in [0.717, 1.165) is 35.7 Å². The molecule has 180 valence electrons. The van der Waals surface area contributed by atoms with Crippen molar-refractivity contribution < 1.29 is 18.8 Å². The zero-order valence-electron chi connectivity index (χ0n) is 20.3. The van der Waals surface area contributed by atoms with E-state index in [1.807, 2.05) is 54.3 Å². The van der Waals surface area contributed by atoms with Gasteiger partial charge in [-0.25, -0.2) is 0 Å². The Kier molecular flexibility index (Phi) is 7.47. The van der Waals surface area contributed by atoms with Crippen LogP contribution in [0.2, 0.25) is 0 Å². The summed E-state index contributed by atoms with van der Waals surface area (Å²) in [6.07, 6.45) is 1.10. The number of ether oxygens (including phenoxy) is 2. The van der Waals surface area contributed by atoms with E-state index < -0.39 is 0 Å². The molecule has 1 unspecified atom stereocenters. The molecule has 34 heavy (non-hydrogen) atoms. The van der Waals surface area contributed by atoms with Gasteiger partial charge in [0.2, 0.25) is 17.6 Å². The highest BCUT2D eigenvalue weighted by atomic mass is 16.5. The summed E-state index contributed by atoms with van der Waals surface area (Å²) in [5.41, 5.74) is 3.16. The lowest BCUT2D eigenvalue weighted by Crippen LogP contribution is -2.49. The molecule has 2 heterocycles. The van der Waals surface area contributed by atoms with Crippen LogP contribution in [0.25, 0.3) is 11.4 Å². The van der Waals surface area contributed by atoms with Gasteiger partial charge in [-0.3, -0.25) is 9.69 Å². The van der Waals surface area contributed by atoms with E-state index in [4.69, 9.17) is 14.0 Å². The number of hydrogen-bond acceptors (Lipinski definition) is 7. The third-order valence-corrected chi connectivity index (χ3v) is 6.36. The standard InChI is InChI=1S/C26H32N4O4/c1-18-5-8-21(9-6-18)25-27-26(34-28-25)19(2)29-11-13-30(14-12-29)24(31)10-7-20-15-22(32-3)17-23(16-20)33-4/h5-6,8-9,15-17,19H,7,10-14H2,1-4H3. The Labute approximate surface area is 200 Å². The highest BCUT2D eigenvalue weighted by molar-refractivity contribution is 5.76. The second-order valence-electron chi connectivity index (χ2n) is 8.64. The number of hydrogen-bond donors (Lipinski definition) is 0. The number of carbonyl (C=O) groups excluding carboxylic acids is 1. The van der Waals surface area contributed by atoms with Crippen molar-refractivity contribution in [2.24, 2.45) is 0 Å². The maximum atomic E-state index is 12.8. The minimum absolute atomic E-state index is 0.00630. The zero-order valence-corrected chi connectivity index (χ0v) is 20.3. The Hall–Kier alpha value is -3.39. The van der Waals surface area contributed by atoms with Gasteiger partial charge in [-0.15, -0.1) is 0 Å². The molecule has 1 aliphatic heterocycles. The van der Waals surface area contributed by atoms with Crippen LogP contribution in [0.4, 0.5) is 0 Å². The summed E-state index contributed by atoms with van der Waals surface area (Å²) in [7, 11) is 3.25. The first kappa shape index (κ1) is 23.8. The Morgan fingerprint density at radius 2 is 1.68 bits per heavy atom. The third kappa shape index (κ3) is 5.56. The summed E-state index contributed by atoms with van der Waals surface area (Å²) in [4.78, 5) is 21.6. The minimum Gasteiger partial charge on any atom is -0.497 e.